The first-order valence-corrected chi connectivity index (χ1v) is 5.51. The van der Waals surface area contributed by atoms with Crippen molar-refractivity contribution in [2.75, 3.05) is 0 Å². The number of Topliss-reactive ketones (excluding diaryl/α,β-unsaturated/α-hetero) is 1. The van der Waals surface area contributed by atoms with Gasteiger partial charge in [0.1, 0.15) is 5.15 Å². The molecule has 0 saturated heterocycles. The van der Waals surface area contributed by atoms with Crippen molar-refractivity contribution >= 4 is 17.4 Å². The van der Waals surface area contributed by atoms with Crippen LogP contribution in [0.25, 0.3) is 0 Å². The van der Waals surface area contributed by atoms with Gasteiger partial charge in [-0.1, -0.05) is 18.0 Å². The van der Waals surface area contributed by atoms with Gasteiger partial charge < -0.3 is 4.98 Å². The predicted molar refractivity (Wildman–Crippen MR) is 54.7 cm³/mol. The van der Waals surface area contributed by atoms with Crippen LogP contribution in [0.2, 0.25) is 5.15 Å². The van der Waals surface area contributed by atoms with Crippen LogP contribution in [0.5, 0.6) is 0 Å². The molecule has 3 heteroatoms. The second-order valence-electron chi connectivity index (χ2n) is 4.46. The summed E-state index contributed by atoms with van der Waals surface area (Å²) >= 11 is 5.97. The predicted octanol–water partition coefficient (Wildman–Crippen LogP) is 2.97. The number of H-pyrrole nitrogens is 1. The van der Waals surface area contributed by atoms with Gasteiger partial charge in [-0.2, -0.15) is 0 Å². The fourth-order valence-electron chi connectivity index (χ4n) is 2.72. The SMILES string of the molecule is O=C1c2c[nH]c(Cl)c2CCC12CCC2. The number of rotatable bonds is 0. The third kappa shape index (κ3) is 0.897. The van der Waals surface area contributed by atoms with E-state index in [1.807, 2.05) is 0 Å². The van der Waals surface area contributed by atoms with Gasteiger partial charge in [0, 0.05) is 17.2 Å². The van der Waals surface area contributed by atoms with Crippen LogP contribution in [-0.4, -0.2) is 10.8 Å². The summed E-state index contributed by atoms with van der Waals surface area (Å²) in [5.41, 5.74) is 1.88. The molecular formula is C11H12ClNO. The van der Waals surface area contributed by atoms with Crippen LogP contribution in [0.3, 0.4) is 0 Å². The first-order valence-electron chi connectivity index (χ1n) is 5.13. The molecule has 14 heavy (non-hydrogen) atoms. The van der Waals surface area contributed by atoms with Gasteiger partial charge in [0.05, 0.1) is 0 Å². The fourth-order valence-corrected chi connectivity index (χ4v) is 2.97. The monoisotopic (exact) mass is 209 g/mol. The van der Waals surface area contributed by atoms with Crippen LogP contribution in [0.15, 0.2) is 6.20 Å². The van der Waals surface area contributed by atoms with Crippen molar-refractivity contribution < 1.29 is 4.79 Å². The number of halogens is 1. The van der Waals surface area contributed by atoms with E-state index in [-0.39, 0.29) is 5.41 Å². The van der Waals surface area contributed by atoms with E-state index in [1.165, 1.54) is 6.42 Å². The molecule has 1 saturated carbocycles. The summed E-state index contributed by atoms with van der Waals surface area (Å²) < 4.78 is 0. The Bertz CT molecular complexity index is 403. The van der Waals surface area contributed by atoms with Gasteiger partial charge in [0.25, 0.3) is 0 Å². The highest BCUT2D eigenvalue weighted by Crippen LogP contribution is 2.50. The molecule has 0 atom stereocenters. The van der Waals surface area contributed by atoms with E-state index in [4.69, 9.17) is 11.6 Å². The van der Waals surface area contributed by atoms with Crippen LogP contribution in [-0.2, 0) is 6.42 Å². The summed E-state index contributed by atoms with van der Waals surface area (Å²) in [4.78, 5) is 15.1. The summed E-state index contributed by atoms with van der Waals surface area (Å²) in [6.07, 6.45) is 7.10. The van der Waals surface area contributed by atoms with Gasteiger partial charge in [0.2, 0.25) is 0 Å². The molecule has 2 nitrogen and oxygen atoms in total. The van der Waals surface area contributed by atoms with Crippen LogP contribution in [0.1, 0.15) is 41.6 Å². The number of hydrogen-bond donors (Lipinski definition) is 1. The highest BCUT2D eigenvalue weighted by molar-refractivity contribution is 6.31. The number of fused-ring (bicyclic) bond motifs is 1. The van der Waals surface area contributed by atoms with Crippen molar-refractivity contribution in [1.29, 1.82) is 0 Å². The van der Waals surface area contributed by atoms with E-state index < -0.39 is 0 Å². The minimum Gasteiger partial charge on any atom is -0.351 e. The number of aromatic nitrogens is 1. The Morgan fingerprint density at radius 3 is 2.79 bits per heavy atom. The number of aromatic amines is 1. The molecule has 2 aliphatic rings. The standard InChI is InChI=1S/C11H12ClNO/c12-10-7-2-5-11(3-1-4-11)9(14)8(7)6-13-10/h6,13H,1-5H2. The van der Waals surface area contributed by atoms with Crippen molar-refractivity contribution in [1.82, 2.24) is 4.98 Å². The Morgan fingerprint density at radius 2 is 2.14 bits per heavy atom. The molecule has 0 unspecified atom stereocenters. The lowest BCUT2D eigenvalue weighted by atomic mass is 9.59. The van der Waals surface area contributed by atoms with Gasteiger partial charge in [0.15, 0.2) is 5.78 Å². The smallest absolute Gasteiger partial charge is 0.170 e. The third-order valence-corrected chi connectivity index (χ3v) is 4.16. The van der Waals surface area contributed by atoms with Crippen LogP contribution < -0.4 is 0 Å². The molecule has 0 radical (unpaired) electrons. The fraction of sp³-hybridized carbons (Fsp3) is 0.545. The molecule has 0 aliphatic heterocycles. The molecule has 74 valence electrons. The summed E-state index contributed by atoms with van der Waals surface area (Å²) in [5.74, 6) is 0.327. The van der Waals surface area contributed by atoms with E-state index in [1.54, 1.807) is 6.20 Å². The molecule has 3 rings (SSSR count). The Kier molecular flexibility index (Phi) is 1.61. The highest BCUT2D eigenvalue weighted by atomic mass is 35.5. The molecule has 1 spiro atoms. The van der Waals surface area contributed by atoms with Crippen LogP contribution >= 0.6 is 11.6 Å². The van der Waals surface area contributed by atoms with Gasteiger partial charge in [-0.3, -0.25) is 4.79 Å². The average molecular weight is 210 g/mol. The topological polar surface area (TPSA) is 32.9 Å². The number of hydrogen-bond acceptors (Lipinski definition) is 1. The average Bonchev–Trinajstić information content (AvgIpc) is 2.47. The van der Waals surface area contributed by atoms with Crippen molar-refractivity contribution in [2.24, 2.45) is 5.41 Å². The normalized spacial score (nSPS) is 23.4. The largest absolute Gasteiger partial charge is 0.351 e. The molecule has 2 aliphatic carbocycles. The zero-order chi connectivity index (χ0) is 9.76. The Morgan fingerprint density at radius 1 is 1.36 bits per heavy atom. The Labute approximate surface area is 87.6 Å². The lowest BCUT2D eigenvalue weighted by Gasteiger charge is -2.42. The number of ketones is 1. The van der Waals surface area contributed by atoms with Gasteiger partial charge in [-0.05, 0) is 31.2 Å². The molecule has 1 aromatic rings. The quantitative estimate of drug-likeness (QED) is 0.700. The van der Waals surface area contributed by atoms with Crippen molar-refractivity contribution in [2.45, 2.75) is 32.1 Å². The van der Waals surface area contributed by atoms with Gasteiger partial charge in [-0.25, -0.2) is 0 Å². The maximum atomic E-state index is 12.2. The van der Waals surface area contributed by atoms with Crippen LogP contribution in [0.4, 0.5) is 0 Å². The minimum atomic E-state index is -0.00147. The molecule has 0 bridgehead atoms. The highest BCUT2D eigenvalue weighted by Gasteiger charge is 2.47. The number of carbonyl (C=O) groups is 1. The van der Waals surface area contributed by atoms with Crippen LogP contribution in [0, 0.1) is 5.41 Å². The first kappa shape index (κ1) is 8.54. The summed E-state index contributed by atoms with van der Waals surface area (Å²) in [6.45, 7) is 0. The Balaban J connectivity index is 2.08. The molecule has 0 amide bonds. The summed E-state index contributed by atoms with van der Waals surface area (Å²) in [5, 5.41) is 0.655. The molecule has 1 aromatic heterocycles. The second kappa shape index (κ2) is 2.63. The maximum Gasteiger partial charge on any atom is 0.170 e. The van der Waals surface area contributed by atoms with E-state index >= 15 is 0 Å². The van der Waals surface area contributed by atoms with Gasteiger partial charge in [-0.15, -0.1) is 0 Å². The minimum absolute atomic E-state index is 0.00147. The van der Waals surface area contributed by atoms with E-state index in [0.717, 1.165) is 36.8 Å². The van der Waals surface area contributed by atoms with E-state index in [0.29, 0.717) is 10.9 Å². The molecular weight excluding hydrogens is 198 g/mol. The molecule has 1 N–H and O–H groups in total. The van der Waals surface area contributed by atoms with Gasteiger partial charge >= 0.3 is 0 Å². The first-order chi connectivity index (χ1) is 6.73. The van der Waals surface area contributed by atoms with E-state index in [2.05, 4.69) is 4.98 Å². The molecule has 1 fully saturated rings. The molecule has 1 heterocycles. The lowest BCUT2D eigenvalue weighted by molar-refractivity contribution is 0.0556. The van der Waals surface area contributed by atoms with Crippen molar-refractivity contribution in [3.8, 4) is 0 Å². The maximum absolute atomic E-state index is 12.2. The lowest BCUT2D eigenvalue weighted by Crippen LogP contribution is -2.41. The van der Waals surface area contributed by atoms with Crippen molar-refractivity contribution in [3.05, 3.63) is 22.5 Å². The zero-order valence-electron chi connectivity index (χ0n) is 7.90. The zero-order valence-corrected chi connectivity index (χ0v) is 8.66. The molecule has 0 aromatic carbocycles. The Hall–Kier alpha value is -0.760. The van der Waals surface area contributed by atoms with E-state index in [9.17, 15) is 4.79 Å². The number of nitrogens with one attached hydrogen (secondary N) is 1. The summed E-state index contributed by atoms with van der Waals surface area (Å²) in [6, 6.07) is 0. The van der Waals surface area contributed by atoms with Crippen molar-refractivity contribution in [3.63, 3.8) is 0 Å². The number of carbonyl (C=O) groups excluding carboxylic acids is 1. The second-order valence-corrected chi connectivity index (χ2v) is 4.84. The third-order valence-electron chi connectivity index (χ3n) is 3.82. The summed E-state index contributed by atoms with van der Waals surface area (Å²) in [7, 11) is 0.